The van der Waals surface area contributed by atoms with Crippen molar-refractivity contribution >= 4 is 44.7 Å². The van der Waals surface area contributed by atoms with Crippen molar-refractivity contribution in [2.24, 2.45) is 0 Å². The van der Waals surface area contributed by atoms with Crippen LogP contribution in [0.5, 0.6) is 5.75 Å². The van der Waals surface area contributed by atoms with Gasteiger partial charge >= 0.3 is 0 Å². The average molecular weight is 415 g/mol. The third-order valence-electron chi connectivity index (χ3n) is 4.62. The number of carbonyl (C=O) groups excluding carboxylic acids is 1. The maximum absolute atomic E-state index is 13.0. The Morgan fingerprint density at radius 2 is 2.03 bits per heavy atom. The van der Waals surface area contributed by atoms with E-state index in [1.807, 2.05) is 20.8 Å². The third-order valence-corrected chi connectivity index (χ3v) is 5.82. The van der Waals surface area contributed by atoms with Crippen molar-refractivity contribution in [1.29, 1.82) is 0 Å². The van der Waals surface area contributed by atoms with Crippen LogP contribution in [-0.2, 0) is 0 Å². The number of nitro benzene ring substituents is 1. The van der Waals surface area contributed by atoms with E-state index >= 15 is 0 Å². The van der Waals surface area contributed by atoms with Crippen molar-refractivity contribution in [3.8, 4) is 5.75 Å². The summed E-state index contributed by atoms with van der Waals surface area (Å²) in [6.07, 6.45) is 1.50. The number of benzene rings is 1. The molecule has 1 amide bonds. The van der Waals surface area contributed by atoms with E-state index in [2.05, 4.69) is 20.2 Å². The van der Waals surface area contributed by atoms with Crippen LogP contribution in [0.2, 0.25) is 0 Å². The van der Waals surface area contributed by atoms with Gasteiger partial charge in [-0.1, -0.05) is 0 Å². The van der Waals surface area contributed by atoms with Crippen molar-refractivity contribution in [2.75, 3.05) is 30.4 Å². The number of non-ortho nitro benzene ring substituents is 1. The van der Waals surface area contributed by atoms with Crippen LogP contribution in [0.1, 0.15) is 29.1 Å². The summed E-state index contributed by atoms with van der Waals surface area (Å²) in [4.78, 5) is 35.6. The van der Waals surface area contributed by atoms with Crippen molar-refractivity contribution < 1.29 is 14.5 Å². The molecule has 0 bridgehead atoms. The molecule has 0 aliphatic carbocycles. The van der Waals surface area contributed by atoms with E-state index in [9.17, 15) is 14.9 Å². The quantitative estimate of drug-likeness (QED) is 0.458. The zero-order valence-corrected chi connectivity index (χ0v) is 17.4. The molecule has 0 spiro atoms. The van der Waals surface area contributed by atoms with Crippen LogP contribution in [0.15, 0.2) is 24.5 Å². The number of thiophene rings is 1. The summed E-state index contributed by atoms with van der Waals surface area (Å²) >= 11 is 1.26. The molecule has 3 rings (SSSR count). The molecule has 152 valence electrons. The van der Waals surface area contributed by atoms with Crippen molar-refractivity contribution in [3.63, 3.8) is 0 Å². The molecular weight excluding hydrogens is 394 g/mol. The summed E-state index contributed by atoms with van der Waals surface area (Å²) in [5.74, 6) is 0.752. The normalized spacial score (nSPS) is 10.8. The number of nitro groups is 1. The number of carbonyl (C=O) groups is 1. The number of aryl methyl sites for hydroxylation is 1. The molecule has 2 aromatic heterocycles. The van der Waals surface area contributed by atoms with Gasteiger partial charge in [0.1, 0.15) is 22.7 Å². The van der Waals surface area contributed by atoms with E-state index in [0.29, 0.717) is 10.6 Å². The standard InChI is InChI=1S/C19H21N5O4S/c1-5-23(6-2)17-15-11(3)16(29-19(15)21-10-20-17)18(25)22-13-9-12(24(26)27)7-8-14(13)28-4/h7-10H,5-6H2,1-4H3,(H,22,25). The predicted molar refractivity (Wildman–Crippen MR) is 113 cm³/mol. The topological polar surface area (TPSA) is 110 Å². The van der Waals surface area contributed by atoms with E-state index in [0.717, 1.165) is 34.7 Å². The van der Waals surface area contributed by atoms with Crippen molar-refractivity contribution in [1.82, 2.24) is 9.97 Å². The minimum Gasteiger partial charge on any atom is -0.495 e. The molecule has 0 aliphatic heterocycles. The number of methoxy groups -OCH3 is 1. The molecular formula is C19H21N5O4S. The minimum atomic E-state index is -0.522. The Kier molecular flexibility index (Phi) is 5.92. The fraction of sp³-hybridized carbons (Fsp3) is 0.316. The van der Waals surface area contributed by atoms with Crippen LogP contribution >= 0.6 is 11.3 Å². The molecule has 0 atom stereocenters. The van der Waals surface area contributed by atoms with E-state index in [1.165, 1.54) is 43.0 Å². The zero-order valence-electron chi connectivity index (χ0n) is 16.6. The van der Waals surface area contributed by atoms with Crippen LogP contribution < -0.4 is 15.0 Å². The fourth-order valence-corrected chi connectivity index (χ4v) is 4.16. The van der Waals surface area contributed by atoms with E-state index in [1.54, 1.807) is 0 Å². The molecule has 0 unspecified atom stereocenters. The summed E-state index contributed by atoms with van der Waals surface area (Å²) in [5, 5.41) is 14.6. The van der Waals surface area contributed by atoms with Gasteiger partial charge in [0.2, 0.25) is 0 Å². The average Bonchev–Trinajstić information content (AvgIpc) is 3.06. The molecule has 0 radical (unpaired) electrons. The first kappa shape index (κ1) is 20.5. The van der Waals surface area contributed by atoms with Crippen LogP contribution in [0.25, 0.3) is 10.2 Å². The second-order valence-corrected chi connectivity index (χ2v) is 7.20. The lowest BCUT2D eigenvalue weighted by Gasteiger charge is -2.20. The van der Waals surface area contributed by atoms with E-state index in [-0.39, 0.29) is 17.3 Å². The molecule has 10 heteroatoms. The second-order valence-electron chi connectivity index (χ2n) is 6.20. The van der Waals surface area contributed by atoms with Gasteiger partial charge in [-0.05, 0) is 32.4 Å². The summed E-state index contributed by atoms with van der Waals surface area (Å²) in [7, 11) is 1.44. The maximum atomic E-state index is 13.0. The molecule has 1 N–H and O–H groups in total. The van der Waals surface area contributed by atoms with Crippen molar-refractivity contribution in [2.45, 2.75) is 20.8 Å². The Morgan fingerprint density at radius 1 is 1.31 bits per heavy atom. The number of nitrogens with one attached hydrogen (secondary N) is 1. The fourth-order valence-electron chi connectivity index (χ4n) is 3.12. The molecule has 0 saturated heterocycles. The van der Waals surface area contributed by atoms with Gasteiger partial charge in [0.25, 0.3) is 11.6 Å². The number of anilines is 2. The lowest BCUT2D eigenvalue weighted by atomic mass is 10.1. The highest BCUT2D eigenvalue weighted by Crippen LogP contribution is 2.36. The first-order chi connectivity index (χ1) is 13.9. The SMILES string of the molecule is CCN(CC)c1ncnc2sc(C(=O)Nc3cc([N+](=O)[O-])ccc3OC)c(C)c12. The molecule has 0 aliphatic rings. The van der Waals surface area contributed by atoms with Crippen LogP contribution in [0.3, 0.4) is 0 Å². The van der Waals surface area contributed by atoms with Gasteiger partial charge in [-0.2, -0.15) is 0 Å². The highest BCUT2D eigenvalue weighted by atomic mass is 32.1. The van der Waals surface area contributed by atoms with E-state index < -0.39 is 4.92 Å². The van der Waals surface area contributed by atoms with Gasteiger partial charge in [0.15, 0.2) is 0 Å². The van der Waals surface area contributed by atoms with Crippen LogP contribution in [-0.4, -0.2) is 41.0 Å². The first-order valence-corrected chi connectivity index (χ1v) is 9.85. The Labute approximate surface area is 171 Å². The lowest BCUT2D eigenvalue weighted by Crippen LogP contribution is -2.23. The van der Waals surface area contributed by atoms with Crippen LogP contribution in [0, 0.1) is 17.0 Å². The van der Waals surface area contributed by atoms with Gasteiger partial charge in [-0.3, -0.25) is 14.9 Å². The molecule has 2 heterocycles. The molecule has 0 fully saturated rings. The van der Waals surface area contributed by atoms with Gasteiger partial charge in [-0.25, -0.2) is 9.97 Å². The second kappa shape index (κ2) is 8.39. The number of fused-ring (bicyclic) bond motifs is 1. The number of aromatic nitrogens is 2. The van der Waals surface area contributed by atoms with Gasteiger partial charge < -0.3 is 15.0 Å². The number of amides is 1. The summed E-state index contributed by atoms with van der Waals surface area (Å²) in [6.45, 7) is 7.51. The summed E-state index contributed by atoms with van der Waals surface area (Å²) < 4.78 is 5.22. The summed E-state index contributed by atoms with van der Waals surface area (Å²) in [5.41, 5.74) is 0.872. The van der Waals surface area contributed by atoms with Gasteiger partial charge in [0.05, 0.1) is 28.0 Å². The Morgan fingerprint density at radius 3 is 2.66 bits per heavy atom. The third kappa shape index (κ3) is 3.83. The van der Waals surface area contributed by atoms with E-state index in [4.69, 9.17) is 4.74 Å². The predicted octanol–water partition coefficient (Wildman–Crippen LogP) is 4.02. The Bertz CT molecular complexity index is 1080. The Balaban J connectivity index is 2.03. The zero-order chi connectivity index (χ0) is 21.1. The van der Waals surface area contributed by atoms with Crippen LogP contribution in [0.4, 0.5) is 17.2 Å². The maximum Gasteiger partial charge on any atom is 0.271 e. The van der Waals surface area contributed by atoms with Gasteiger partial charge in [-0.15, -0.1) is 11.3 Å². The highest BCUT2D eigenvalue weighted by molar-refractivity contribution is 7.20. The molecule has 1 aromatic carbocycles. The number of hydrogen-bond donors (Lipinski definition) is 1. The number of hydrogen-bond acceptors (Lipinski definition) is 8. The molecule has 3 aromatic rings. The number of ether oxygens (including phenoxy) is 1. The molecule has 29 heavy (non-hydrogen) atoms. The molecule has 9 nitrogen and oxygen atoms in total. The minimum absolute atomic E-state index is 0.135. The largest absolute Gasteiger partial charge is 0.495 e. The number of nitrogens with zero attached hydrogens (tertiary/aromatic N) is 4. The molecule has 0 saturated carbocycles. The van der Waals surface area contributed by atoms with Gasteiger partial charge in [0, 0.05) is 25.2 Å². The van der Waals surface area contributed by atoms with Crippen molar-refractivity contribution in [3.05, 3.63) is 45.1 Å². The highest BCUT2D eigenvalue weighted by Gasteiger charge is 2.22. The number of rotatable bonds is 7. The summed E-state index contributed by atoms with van der Waals surface area (Å²) in [6, 6.07) is 4.06. The Hall–Kier alpha value is -3.27. The lowest BCUT2D eigenvalue weighted by molar-refractivity contribution is -0.384. The monoisotopic (exact) mass is 415 g/mol. The smallest absolute Gasteiger partial charge is 0.271 e. The first-order valence-electron chi connectivity index (χ1n) is 9.04.